The van der Waals surface area contributed by atoms with Gasteiger partial charge in [0.05, 0.1) is 12.1 Å². The van der Waals surface area contributed by atoms with E-state index in [1.165, 1.54) is 16.5 Å². The lowest BCUT2D eigenvalue weighted by atomic mass is 10.1. The molecule has 1 aromatic carbocycles. The molecule has 0 fully saturated rings. The monoisotopic (exact) mass is 240 g/mol. The van der Waals surface area contributed by atoms with Crippen LogP contribution in [0.25, 0.3) is 10.9 Å². The Hall–Kier alpha value is -1.72. The maximum absolute atomic E-state index is 3.48. The molecule has 0 aliphatic heterocycles. The maximum Gasteiger partial charge on any atom is 0.0837 e. The summed E-state index contributed by atoms with van der Waals surface area (Å²) in [6.07, 6.45) is 2.12. The Morgan fingerprint density at radius 3 is 2.83 bits per heavy atom. The van der Waals surface area contributed by atoms with Crippen LogP contribution in [0.3, 0.4) is 0 Å². The van der Waals surface area contributed by atoms with Crippen molar-refractivity contribution in [2.45, 2.75) is 39.9 Å². The van der Waals surface area contributed by atoms with E-state index in [-0.39, 0.29) is 0 Å². The summed E-state index contributed by atoms with van der Waals surface area (Å²) in [4.78, 5) is 0. The largest absolute Gasteiger partial charge is 0.336 e. The van der Waals surface area contributed by atoms with Crippen LogP contribution >= 0.6 is 0 Å². The molecule has 0 aliphatic rings. The lowest BCUT2D eigenvalue weighted by Gasteiger charge is -2.11. The van der Waals surface area contributed by atoms with Gasteiger partial charge in [-0.3, -0.25) is 0 Å². The lowest BCUT2D eigenvalue weighted by Crippen LogP contribution is -2.22. The van der Waals surface area contributed by atoms with E-state index < -0.39 is 0 Å². The van der Waals surface area contributed by atoms with Crippen LogP contribution in [0.15, 0.2) is 30.5 Å². The van der Waals surface area contributed by atoms with Crippen LogP contribution in [-0.4, -0.2) is 10.6 Å². The van der Waals surface area contributed by atoms with E-state index in [0.717, 1.165) is 13.1 Å². The van der Waals surface area contributed by atoms with Gasteiger partial charge in [-0.25, -0.2) is 0 Å². The third-order valence-corrected chi connectivity index (χ3v) is 3.00. The summed E-state index contributed by atoms with van der Waals surface area (Å²) in [5, 5.41) is 4.77. The third kappa shape index (κ3) is 2.75. The fourth-order valence-corrected chi connectivity index (χ4v) is 2.09. The number of nitrogens with zero attached hydrogens (tertiary/aromatic N) is 1. The summed E-state index contributed by atoms with van der Waals surface area (Å²) < 4.78 is 2.23. The molecular weight excluding hydrogens is 220 g/mol. The van der Waals surface area contributed by atoms with Crippen molar-refractivity contribution in [2.75, 3.05) is 0 Å². The highest BCUT2D eigenvalue weighted by Crippen LogP contribution is 2.20. The molecule has 0 spiro atoms. The minimum Gasteiger partial charge on any atom is -0.336 e. The smallest absolute Gasteiger partial charge is 0.0837 e. The highest BCUT2D eigenvalue weighted by molar-refractivity contribution is 5.83. The first-order valence-corrected chi connectivity index (χ1v) is 6.42. The molecule has 2 nitrogen and oxygen atoms in total. The molecule has 0 saturated heterocycles. The highest BCUT2D eigenvalue weighted by Gasteiger charge is 2.06. The molecule has 2 heteroatoms. The Morgan fingerprint density at radius 1 is 1.28 bits per heavy atom. The number of benzene rings is 1. The fourth-order valence-electron chi connectivity index (χ4n) is 2.09. The number of nitrogens with one attached hydrogen (secondary N) is 1. The van der Waals surface area contributed by atoms with Gasteiger partial charge in [0.1, 0.15) is 0 Å². The zero-order valence-electron chi connectivity index (χ0n) is 11.3. The molecule has 0 saturated carbocycles. The van der Waals surface area contributed by atoms with Gasteiger partial charge in [0.25, 0.3) is 0 Å². The molecule has 1 heterocycles. The summed E-state index contributed by atoms with van der Waals surface area (Å²) in [5.41, 5.74) is 2.64. The van der Waals surface area contributed by atoms with E-state index in [0.29, 0.717) is 6.04 Å². The predicted molar refractivity (Wildman–Crippen MR) is 77.4 cm³/mol. The van der Waals surface area contributed by atoms with Crippen LogP contribution in [0.4, 0.5) is 0 Å². The van der Waals surface area contributed by atoms with Crippen molar-refractivity contribution in [3.05, 3.63) is 36.0 Å². The number of hydrogen-bond acceptors (Lipinski definition) is 1. The van der Waals surface area contributed by atoms with Gasteiger partial charge in [0, 0.05) is 18.8 Å². The zero-order valence-corrected chi connectivity index (χ0v) is 11.3. The van der Waals surface area contributed by atoms with Gasteiger partial charge in [-0.15, -0.1) is 5.92 Å². The average Bonchev–Trinajstić information content (AvgIpc) is 2.77. The van der Waals surface area contributed by atoms with E-state index in [1.54, 1.807) is 0 Å². The number of aromatic nitrogens is 1. The summed E-state index contributed by atoms with van der Waals surface area (Å²) in [5.74, 6) is 6.08. The second-order valence-electron chi connectivity index (χ2n) is 4.76. The summed E-state index contributed by atoms with van der Waals surface area (Å²) in [6, 6.07) is 9.12. The van der Waals surface area contributed by atoms with Gasteiger partial charge in [-0.1, -0.05) is 38.0 Å². The van der Waals surface area contributed by atoms with Crippen LogP contribution in [0.1, 0.15) is 26.3 Å². The average molecular weight is 240 g/mol. The van der Waals surface area contributed by atoms with E-state index in [4.69, 9.17) is 0 Å². The van der Waals surface area contributed by atoms with Gasteiger partial charge in [-0.05, 0) is 23.9 Å². The van der Waals surface area contributed by atoms with Crippen LogP contribution in [0.2, 0.25) is 0 Å². The molecule has 0 radical (unpaired) electrons. The van der Waals surface area contributed by atoms with Crippen molar-refractivity contribution in [1.82, 2.24) is 9.88 Å². The molecule has 0 aliphatic carbocycles. The summed E-state index contributed by atoms with van der Waals surface area (Å²) in [7, 11) is 0. The Bertz CT molecular complexity index is 582. The maximum atomic E-state index is 3.48. The first-order valence-electron chi connectivity index (χ1n) is 6.42. The minimum absolute atomic E-state index is 0.499. The molecule has 0 atom stereocenters. The molecule has 1 N–H and O–H groups in total. The molecule has 0 unspecified atom stereocenters. The van der Waals surface area contributed by atoms with E-state index in [2.05, 4.69) is 66.0 Å². The van der Waals surface area contributed by atoms with Crippen molar-refractivity contribution in [2.24, 2.45) is 0 Å². The molecule has 18 heavy (non-hydrogen) atoms. The van der Waals surface area contributed by atoms with Gasteiger partial charge in [0.15, 0.2) is 0 Å². The number of rotatable bonds is 4. The van der Waals surface area contributed by atoms with Gasteiger partial charge < -0.3 is 9.88 Å². The molecule has 1 aromatic heterocycles. The normalized spacial score (nSPS) is 10.7. The lowest BCUT2D eigenvalue weighted by molar-refractivity contribution is 0.589. The van der Waals surface area contributed by atoms with E-state index in [1.807, 2.05) is 6.92 Å². The van der Waals surface area contributed by atoms with Crippen molar-refractivity contribution < 1.29 is 0 Å². The zero-order chi connectivity index (χ0) is 13.0. The van der Waals surface area contributed by atoms with Crippen molar-refractivity contribution in [1.29, 1.82) is 0 Å². The first kappa shape index (κ1) is 12.7. The quantitative estimate of drug-likeness (QED) is 0.812. The molecule has 94 valence electrons. The van der Waals surface area contributed by atoms with E-state index in [9.17, 15) is 0 Å². The van der Waals surface area contributed by atoms with Gasteiger partial charge in [0.2, 0.25) is 0 Å². The Kier molecular flexibility index (Phi) is 4.07. The summed E-state index contributed by atoms with van der Waals surface area (Å²) in [6.45, 7) is 7.88. The highest BCUT2D eigenvalue weighted by atomic mass is 15.0. The second-order valence-corrected chi connectivity index (χ2v) is 4.76. The van der Waals surface area contributed by atoms with Gasteiger partial charge >= 0.3 is 0 Å². The number of para-hydroxylation sites is 1. The minimum atomic E-state index is 0.499. The Morgan fingerprint density at radius 2 is 2.11 bits per heavy atom. The summed E-state index contributed by atoms with van der Waals surface area (Å²) >= 11 is 0. The first-order chi connectivity index (χ1) is 8.72. The topological polar surface area (TPSA) is 17.0 Å². The van der Waals surface area contributed by atoms with Crippen molar-refractivity contribution in [3.63, 3.8) is 0 Å². The van der Waals surface area contributed by atoms with E-state index >= 15 is 0 Å². The molecule has 2 aromatic rings. The van der Waals surface area contributed by atoms with Crippen molar-refractivity contribution in [3.8, 4) is 11.8 Å². The molecule has 2 rings (SSSR count). The van der Waals surface area contributed by atoms with Crippen molar-refractivity contribution >= 4 is 10.9 Å². The van der Waals surface area contributed by atoms with Crippen LogP contribution in [-0.2, 0) is 13.1 Å². The molecule has 0 bridgehead atoms. The van der Waals surface area contributed by atoms with Crippen LogP contribution in [0, 0.1) is 11.8 Å². The fraction of sp³-hybridized carbons (Fsp3) is 0.375. The van der Waals surface area contributed by atoms with Crippen LogP contribution < -0.4 is 5.32 Å². The predicted octanol–water partition coefficient (Wildman–Crippen LogP) is 3.16. The second kappa shape index (κ2) is 5.75. The molecule has 0 amide bonds. The van der Waals surface area contributed by atoms with Gasteiger partial charge in [-0.2, -0.15) is 0 Å². The Balaban J connectivity index is 2.37. The Labute approximate surface area is 109 Å². The number of fused-ring (bicyclic) bond motifs is 1. The SMILES string of the molecule is CC#CCn1ccc2cccc(CNC(C)C)c21. The third-order valence-electron chi connectivity index (χ3n) is 3.00. The standard InChI is InChI=1S/C16H20N2/c1-4-5-10-18-11-9-14-7-6-8-15(16(14)18)12-17-13(2)3/h6-9,11,13,17H,10,12H2,1-3H3. The van der Waals surface area contributed by atoms with Crippen LogP contribution in [0.5, 0.6) is 0 Å². The number of hydrogen-bond donors (Lipinski definition) is 1. The molecular formula is C16H20N2.